The molecule has 2 rings (SSSR count). The van der Waals surface area contributed by atoms with Crippen LogP contribution in [0, 0.1) is 0 Å². The third-order valence-electron chi connectivity index (χ3n) is 3.88. The van der Waals surface area contributed by atoms with Crippen LogP contribution in [0.15, 0.2) is 24.3 Å². The van der Waals surface area contributed by atoms with E-state index in [0.717, 1.165) is 24.3 Å². The zero-order valence-corrected chi connectivity index (χ0v) is 12.8. The molecule has 1 amide bonds. The normalized spacial score (nSPS) is 20.3. The largest absolute Gasteiger partial charge is 0.373 e. The van der Waals surface area contributed by atoms with Crippen LogP contribution in [0.5, 0.6) is 0 Å². The molecule has 0 bridgehead atoms. The van der Waals surface area contributed by atoms with E-state index in [1.165, 1.54) is 0 Å². The van der Waals surface area contributed by atoms with E-state index in [4.69, 9.17) is 4.74 Å². The third kappa shape index (κ3) is 2.80. The fraction of sp³-hybridized carbons (Fsp3) is 0.562. The molecule has 0 aliphatic carbocycles. The third-order valence-corrected chi connectivity index (χ3v) is 3.88. The number of fused-ring (bicyclic) bond motifs is 1. The van der Waals surface area contributed by atoms with Crippen molar-refractivity contribution in [1.29, 1.82) is 0 Å². The minimum atomic E-state index is -0.404. The molecule has 2 unspecified atom stereocenters. The molecule has 2 atom stereocenters. The van der Waals surface area contributed by atoms with Crippen LogP contribution in [0.2, 0.25) is 0 Å². The van der Waals surface area contributed by atoms with Crippen LogP contribution in [0.3, 0.4) is 0 Å². The standard InChI is InChI=1S/C16H24N2O2/c1-5-20-13(3)16(19)18-12(2)10-11-17(4)14-8-6-7-9-15(14)18/h6-9,12-13H,5,10-11H2,1-4H3. The van der Waals surface area contributed by atoms with Crippen molar-refractivity contribution in [2.24, 2.45) is 0 Å². The predicted octanol–water partition coefficient (Wildman–Crippen LogP) is 2.67. The second-order valence-electron chi connectivity index (χ2n) is 5.35. The highest BCUT2D eigenvalue weighted by Gasteiger charge is 2.31. The summed E-state index contributed by atoms with van der Waals surface area (Å²) in [7, 11) is 2.07. The number of carbonyl (C=O) groups excluding carboxylic acids is 1. The number of para-hydroxylation sites is 2. The summed E-state index contributed by atoms with van der Waals surface area (Å²) in [5.41, 5.74) is 2.09. The van der Waals surface area contributed by atoms with Crippen molar-refractivity contribution in [3.05, 3.63) is 24.3 Å². The number of benzene rings is 1. The number of hydrogen-bond donors (Lipinski definition) is 0. The average Bonchev–Trinajstić information content (AvgIpc) is 2.57. The lowest BCUT2D eigenvalue weighted by Gasteiger charge is -2.30. The van der Waals surface area contributed by atoms with Crippen molar-refractivity contribution in [1.82, 2.24) is 0 Å². The highest BCUT2D eigenvalue weighted by atomic mass is 16.5. The zero-order valence-electron chi connectivity index (χ0n) is 12.8. The van der Waals surface area contributed by atoms with Crippen molar-refractivity contribution in [3.63, 3.8) is 0 Å². The lowest BCUT2D eigenvalue weighted by Crippen LogP contribution is -2.44. The van der Waals surface area contributed by atoms with E-state index < -0.39 is 6.10 Å². The van der Waals surface area contributed by atoms with Gasteiger partial charge in [0.2, 0.25) is 0 Å². The van der Waals surface area contributed by atoms with Gasteiger partial charge in [0.25, 0.3) is 5.91 Å². The number of hydrogen-bond acceptors (Lipinski definition) is 3. The second-order valence-corrected chi connectivity index (χ2v) is 5.35. The van der Waals surface area contributed by atoms with Crippen LogP contribution in [0.25, 0.3) is 0 Å². The summed E-state index contributed by atoms with van der Waals surface area (Å²) in [6.07, 6.45) is 0.550. The van der Waals surface area contributed by atoms with Crippen LogP contribution >= 0.6 is 0 Å². The van der Waals surface area contributed by atoms with Crippen LogP contribution in [0.4, 0.5) is 11.4 Å². The maximum Gasteiger partial charge on any atom is 0.256 e. The Morgan fingerprint density at radius 1 is 1.40 bits per heavy atom. The number of rotatable bonds is 3. The van der Waals surface area contributed by atoms with Gasteiger partial charge in [0.05, 0.1) is 11.4 Å². The fourth-order valence-corrected chi connectivity index (χ4v) is 2.71. The number of ether oxygens (including phenoxy) is 1. The SMILES string of the molecule is CCOC(C)C(=O)N1c2ccccc2N(C)CCC1C. The Balaban J connectivity index is 2.39. The molecule has 4 nitrogen and oxygen atoms in total. The van der Waals surface area contributed by atoms with Gasteiger partial charge >= 0.3 is 0 Å². The molecule has 0 aromatic heterocycles. The number of anilines is 2. The van der Waals surface area contributed by atoms with Crippen molar-refractivity contribution >= 4 is 17.3 Å². The predicted molar refractivity (Wildman–Crippen MR) is 82.4 cm³/mol. The lowest BCUT2D eigenvalue weighted by molar-refractivity contribution is -0.129. The van der Waals surface area contributed by atoms with E-state index in [1.807, 2.05) is 36.9 Å². The topological polar surface area (TPSA) is 32.8 Å². The van der Waals surface area contributed by atoms with Crippen molar-refractivity contribution < 1.29 is 9.53 Å². The first-order chi connectivity index (χ1) is 9.56. The molecule has 0 spiro atoms. The summed E-state index contributed by atoms with van der Waals surface area (Å²) in [5, 5.41) is 0. The Hall–Kier alpha value is -1.55. The quantitative estimate of drug-likeness (QED) is 0.851. The summed E-state index contributed by atoms with van der Waals surface area (Å²) in [6, 6.07) is 8.26. The van der Waals surface area contributed by atoms with Crippen LogP contribution in [0.1, 0.15) is 27.2 Å². The molecule has 0 N–H and O–H groups in total. The maximum atomic E-state index is 12.7. The molecule has 1 aromatic carbocycles. The zero-order chi connectivity index (χ0) is 14.7. The monoisotopic (exact) mass is 276 g/mol. The minimum Gasteiger partial charge on any atom is -0.373 e. The molecule has 1 aromatic rings. The molecule has 0 saturated carbocycles. The molecule has 0 fully saturated rings. The van der Waals surface area contributed by atoms with Crippen molar-refractivity contribution in [3.8, 4) is 0 Å². The first-order valence-electron chi connectivity index (χ1n) is 7.31. The van der Waals surface area contributed by atoms with E-state index in [2.05, 4.69) is 24.9 Å². The minimum absolute atomic E-state index is 0.0436. The number of nitrogens with zero attached hydrogens (tertiary/aromatic N) is 2. The van der Waals surface area contributed by atoms with Gasteiger partial charge in [-0.15, -0.1) is 0 Å². The number of carbonyl (C=O) groups is 1. The summed E-state index contributed by atoms with van der Waals surface area (Å²) in [4.78, 5) is 16.8. The molecule has 0 radical (unpaired) electrons. The molecule has 1 aliphatic heterocycles. The van der Waals surface area contributed by atoms with Crippen LogP contribution < -0.4 is 9.80 Å². The van der Waals surface area contributed by atoms with Crippen molar-refractivity contribution in [2.75, 3.05) is 30.0 Å². The average molecular weight is 276 g/mol. The Morgan fingerprint density at radius 2 is 2.05 bits per heavy atom. The highest BCUT2D eigenvalue weighted by Crippen LogP contribution is 2.34. The molecule has 1 heterocycles. The molecule has 20 heavy (non-hydrogen) atoms. The Kier molecular flexibility index (Phi) is 4.65. The Labute approximate surface area is 121 Å². The van der Waals surface area contributed by atoms with E-state index in [9.17, 15) is 4.79 Å². The summed E-state index contributed by atoms with van der Waals surface area (Å²) in [6.45, 7) is 7.35. The fourth-order valence-electron chi connectivity index (χ4n) is 2.71. The molecule has 110 valence electrons. The molecular weight excluding hydrogens is 252 g/mol. The van der Waals surface area contributed by atoms with E-state index in [0.29, 0.717) is 6.61 Å². The summed E-state index contributed by atoms with van der Waals surface area (Å²) < 4.78 is 5.48. The Morgan fingerprint density at radius 3 is 2.70 bits per heavy atom. The van der Waals surface area contributed by atoms with Gasteiger partial charge in [-0.1, -0.05) is 12.1 Å². The van der Waals surface area contributed by atoms with Gasteiger partial charge in [0.15, 0.2) is 0 Å². The molecular formula is C16H24N2O2. The van der Waals surface area contributed by atoms with Gasteiger partial charge in [-0.3, -0.25) is 4.79 Å². The van der Waals surface area contributed by atoms with Gasteiger partial charge in [-0.05, 0) is 39.3 Å². The smallest absolute Gasteiger partial charge is 0.256 e. The molecule has 4 heteroatoms. The second kappa shape index (κ2) is 6.27. The first kappa shape index (κ1) is 14.9. The van der Waals surface area contributed by atoms with E-state index >= 15 is 0 Å². The number of amides is 1. The Bertz CT molecular complexity index is 475. The van der Waals surface area contributed by atoms with E-state index in [-0.39, 0.29) is 11.9 Å². The van der Waals surface area contributed by atoms with Gasteiger partial charge in [0, 0.05) is 26.2 Å². The van der Waals surface area contributed by atoms with Gasteiger partial charge in [0.1, 0.15) is 6.10 Å². The summed E-state index contributed by atoms with van der Waals surface area (Å²) in [5.74, 6) is 0.0436. The van der Waals surface area contributed by atoms with Gasteiger partial charge < -0.3 is 14.5 Å². The molecule has 0 saturated heterocycles. The van der Waals surface area contributed by atoms with Crippen molar-refractivity contribution in [2.45, 2.75) is 39.3 Å². The van der Waals surface area contributed by atoms with Gasteiger partial charge in [-0.25, -0.2) is 0 Å². The van der Waals surface area contributed by atoms with Crippen LogP contribution in [-0.4, -0.2) is 38.3 Å². The van der Waals surface area contributed by atoms with E-state index in [1.54, 1.807) is 0 Å². The summed E-state index contributed by atoms with van der Waals surface area (Å²) >= 11 is 0. The first-order valence-corrected chi connectivity index (χ1v) is 7.31. The lowest BCUT2D eigenvalue weighted by atomic mass is 10.1. The maximum absolute atomic E-state index is 12.7. The van der Waals surface area contributed by atoms with Crippen LogP contribution in [-0.2, 0) is 9.53 Å². The molecule has 1 aliphatic rings. The highest BCUT2D eigenvalue weighted by molar-refractivity contribution is 6.00. The van der Waals surface area contributed by atoms with Gasteiger partial charge in [-0.2, -0.15) is 0 Å².